The van der Waals surface area contributed by atoms with Gasteiger partial charge in [-0.15, -0.1) is 0 Å². The Balaban J connectivity index is 2.60. The molecule has 8 heteroatoms. The molecule has 0 N–H and O–H groups in total. The molecule has 1 aliphatic carbocycles. The highest BCUT2D eigenvalue weighted by Gasteiger charge is 2.45. The summed E-state index contributed by atoms with van der Waals surface area (Å²) in [5, 5.41) is 0. The first-order chi connectivity index (χ1) is 10.1. The third-order valence-electron chi connectivity index (χ3n) is 3.57. The molecule has 0 bridgehead atoms. The molecule has 1 saturated carbocycles. The summed E-state index contributed by atoms with van der Waals surface area (Å²) in [6.07, 6.45) is -8.68. The van der Waals surface area contributed by atoms with Crippen molar-refractivity contribution in [1.82, 2.24) is 0 Å². The Morgan fingerprint density at radius 1 is 1.14 bits per heavy atom. The van der Waals surface area contributed by atoms with Crippen LogP contribution in [0.5, 0.6) is 0 Å². The number of rotatable bonds is 3. The number of carbonyl (C=O) groups is 1. The summed E-state index contributed by atoms with van der Waals surface area (Å²) >= 11 is 0. The number of methoxy groups -OCH3 is 1. The van der Waals surface area contributed by atoms with Gasteiger partial charge in [0.15, 0.2) is 0 Å². The molecule has 1 atom stereocenters. The zero-order valence-corrected chi connectivity index (χ0v) is 11.4. The van der Waals surface area contributed by atoms with E-state index in [1.165, 1.54) is 0 Å². The Morgan fingerprint density at radius 2 is 1.73 bits per heavy atom. The van der Waals surface area contributed by atoms with E-state index >= 15 is 0 Å². The van der Waals surface area contributed by atoms with Crippen LogP contribution in [-0.4, -0.2) is 13.1 Å². The van der Waals surface area contributed by atoms with Crippen LogP contribution < -0.4 is 0 Å². The number of carbonyl (C=O) groups excluding carboxylic acids is 1. The molecule has 0 saturated heterocycles. The summed E-state index contributed by atoms with van der Waals surface area (Å²) in [5.41, 5.74) is -3.12. The molecule has 0 amide bonds. The van der Waals surface area contributed by atoms with Gasteiger partial charge in [0.1, 0.15) is 0 Å². The molecule has 0 spiro atoms. The first kappa shape index (κ1) is 16.6. The Morgan fingerprint density at radius 3 is 2.14 bits per heavy atom. The van der Waals surface area contributed by atoms with Gasteiger partial charge in [-0.05, 0) is 42.5 Å². The third kappa shape index (κ3) is 3.36. The SMILES string of the molecule is COC(=O)C(c1cc(C(F)(F)F)ccc1C(F)(F)F)C1CC1. The molecule has 2 nitrogen and oxygen atoms in total. The molecule has 0 heterocycles. The van der Waals surface area contributed by atoms with Crippen molar-refractivity contribution in [1.29, 1.82) is 0 Å². The number of ether oxygens (including phenoxy) is 1. The molecular formula is C14H12F6O2. The fourth-order valence-corrected chi connectivity index (χ4v) is 2.38. The number of hydrogen-bond donors (Lipinski definition) is 0. The third-order valence-corrected chi connectivity index (χ3v) is 3.57. The average Bonchev–Trinajstić information content (AvgIpc) is 3.21. The summed E-state index contributed by atoms with van der Waals surface area (Å²) in [6.45, 7) is 0. The predicted octanol–water partition coefficient (Wildman–Crippen LogP) is 4.39. The first-order valence-corrected chi connectivity index (χ1v) is 6.42. The van der Waals surface area contributed by atoms with Crippen molar-refractivity contribution in [2.45, 2.75) is 31.1 Å². The lowest BCUT2D eigenvalue weighted by molar-refractivity contribution is -0.146. The zero-order valence-electron chi connectivity index (χ0n) is 11.4. The van der Waals surface area contributed by atoms with Crippen LogP contribution in [0.4, 0.5) is 26.3 Å². The zero-order chi connectivity index (χ0) is 16.7. The van der Waals surface area contributed by atoms with Gasteiger partial charge < -0.3 is 4.74 Å². The molecule has 2 rings (SSSR count). The Bertz CT molecular complexity index is 572. The second-order valence-electron chi connectivity index (χ2n) is 5.14. The quantitative estimate of drug-likeness (QED) is 0.608. The van der Waals surface area contributed by atoms with E-state index in [-0.39, 0.29) is 0 Å². The maximum absolute atomic E-state index is 13.1. The molecule has 0 aliphatic heterocycles. The highest BCUT2D eigenvalue weighted by atomic mass is 19.4. The minimum Gasteiger partial charge on any atom is -0.469 e. The van der Waals surface area contributed by atoms with E-state index in [0.717, 1.165) is 7.11 Å². The van der Waals surface area contributed by atoms with Gasteiger partial charge in [-0.25, -0.2) is 0 Å². The number of alkyl halides is 6. The number of hydrogen-bond acceptors (Lipinski definition) is 2. The lowest BCUT2D eigenvalue weighted by Gasteiger charge is -2.21. The Labute approximate surface area is 122 Å². The molecule has 0 aromatic heterocycles. The van der Waals surface area contributed by atoms with Gasteiger partial charge in [0.2, 0.25) is 0 Å². The van der Waals surface area contributed by atoms with E-state index in [0.29, 0.717) is 31.0 Å². The van der Waals surface area contributed by atoms with E-state index in [9.17, 15) is 31.1 Å². The molecular weight excluding hydrogens is 314 g/mol. The molecule has 122 valence electrons. The first-order valence-electron chi connectivity index (χ1n) is 6.42. The van der Waals surface area contributed by atoms with Gasteiger partial charge in [-0.1, -0.05) is 0 Å². The largest absolute Gasteiger partial charge is 0.469 e. The standard InChI is InChI=1S/C14H12F6O2/c1-22-12(21)11(7-2-3-7)9-6-8(13(15,16)17)4-5-10(9)14(18,19)20/h4-7,11H,2-3H2,1H3. The average molecular weight is 326 g/mol. The Hall–Kier alpha value is -1.73. The Kier molecular flexibility index (Phi) is 4.14. The molecule has 1 aromatic rings. The summed E-state index contributed by atoms with van der Waals surface area (Å²) in [5.74, 6) is -2.70. The van der Waals surface area contributed by atoms with E-state index in [2.05, 4.69) is 4.74 Å². The monoisotopic (exact) mass is 326 g/mol. The fourth-order valence-electron chi connectivity index (χ4n) is 2.38. The van der Waals surface area contributed by atoms with Crippen molar-refractivity contribution in [2.75, 3.05) is 7.11 Å². The van der Waals surface area contributed by atoms with Crippen LogP contribution >= 0.6 is 0 Å². The molecule has 22 heavy (non-hydrogen) atoms. The molecule has 1 aromatic carbocycles. The second-order valence-corrected chi connectivity index (χ2v) is 5.14. The van der Waals surface area contributed by atoms with Crippen molar-refractivity contribution < 1.29 is 35.9 Å². The van der Waals surface area contributed by atoms with Crippen LogP contribution in [0.15, 0.2) is 18.2 Å². The predicted molar refractivity (Wildman–Crippen MR) is 63.9 cm³/mol. The number of halogens is 6. The normalized spacial score (nSPS) is 17.2. The maximum Gasteiger partial charge on any atom is 0.416 e. The van der Waals surface area contributed by atoms with Crippen LogP contribution in [0.3, 0.4) is 0 Å². The van der Waals surface area contributed by atoms with Crippen LogP contribution in [-0.2, 0) is 21.9 Å². The van der Waals surface area contributed by atoms with Crippen molar-refractivity contribution >= 4 is 5.97 Å². The van der Waals surface area contributed by atoms with Crippen molar-refractivity contribution in [3.63, 3.8) is 0 Å². The lowest BCUT2D eigenvalue weighted by atomic mass is 9.88. The van der Waals surface area contributed by atoms with E-state index in [1.54, 1.807) is 0 Å². The van der Waals surface area contributed by atoms with Crippen LogP contribution in [0, 0.1) is 5.92 Å². The summed E-state index contributed by atoms with van der Waals surface area (Å²) in [7, 11) is 0.999. The van der Waals surface area contributed by atoms with Gasteiger partial charge >= 0.3 is 18.3 Å². The van der Waals surface area contributed by atoms with Crippen LogP contribution in [0.1, 0.15) is 35.4 Å². The topological polar surface area (TPSA) is 26.3 Å². The highest BCUT2D eigenvalue weighted by molar-refractivity contribution is 5.79. The van der Waals surface area contributed by atoms with Gasteiger partial charge in [-0.3, -0.25) is 4.79 Å². The van der Waals surface area contributed by atoms with Gasteiger partial charge in [0, 0.05) is 0 Å². The van der Waals surface area contributed by atoms with Crippen molar-refractivity contribution in [3.8, 4) is 0 Å². The molecule has 1 aliphatic rings. The van der Waals surface area contributed by atoms with Crippen LogP contribution in [0.25, 0.3) is 0 Å². The highest BCUT2D eigenvalue weighted by Crippen LogP contribution is 2.48. The van der Waals surface area contributed by atoms with E-state index in [1.807, 2.05) is 0 Å². The van der Waals surface area contributed by atoms with Gasteiger partial charge in [0.05, 0.1) is 24.2 Å². The second kappa shape index (κ2) is 5.48. The lowest BCUT2D eigenvalue weighted by Crippen LogP contribution is -2.22. The van der Waals surface area contributed by atoms with Crippen molar-refractivity contribution in [3.05, 3.63) is 34.9 Å². The van der Waals surface area contributed by atoms with E-state index < -0.39 is 46.8 Å². The van der Waals surface area contributed by atoms with Crippen molar-refractivity contribution in [2.24, 2.45) is 5.92 Å². The fraction of sp³-hybridized carbons (Fsp3) is 0.500. The number of esters is 1. The minimum absolute atomic E-state index is 0.369. The molecule has 1 unspecified atom stereocenters. The van der Waals surface area contributed by atoms with Gasteiger partial charge in [-0.2, -0.15) is 26.3 Å². The number of benzene rings is 1. The minimum atomic E-state index is -4.85. The summed E-state index contributed by atoms with van der Waals surface area (Å²) < 4.78 is 81.9. The molecule has 1 fully saturated rings. The summed E-state index contributed by atoms with van der Waals surface area (Å²) in [4.78, 5) is 11.8. The van der Waals surface area contributed by atoms with Crippen LogP contribution in [0.2, 0.25) is 0 Å². The maximum atomic E-state index is 13.1. The molecule has 0 radical (unpaired) electrons. The van der Waals surface area contributed by atoms with E-state index in [4.69, 9.17) is 0 Å². The smallest absolute Gasteiger partial charge is 0.416 e. The summed E-state index contributed by atoms with van der Waals surface area (Å²) in [6, 6.07) is 1.15. The van der Waals surface area contributed by atoms with Gasteiger partial charge in [0.25, 0.3) is 0 Å².